The smallest absolute Gasteiger partial charge is 0.129 e. The van der Waals surface area contributed by atoms with E-state index in [0.29, 0.717) is 18.3 Å². The minimum absolute atomic E-state index is 0.0460. The summed E-state index contributed by atoms with van der Waals surface area (Å²) in [6.07, 6.45) is 3.71. The molecule has 16 heavy (non-hydrogen) atoms. The van der Waals surface area contributed by atoms with Gasteiger partial charge in [-0.2, -0.15) is 0 Å². The summed E-state index contributed by atoms with van der Waals surface area (Å²) in [7, 11) is 0. The van der Waals surface area contributed by atoms with Crippen LogP contribution in [-0.4, -0.2) is 22.4 Å². The van der Waals surface area contributed by atoms with E-state index in [0.717, 1.165) is 31.4 Å². The Morgan fingerprint density at radius 1 is 1.19 bits per heavy atom. The zero-order valence-electron chi connectivity index (χ0n) is 9.35. The maximum Gasteiger partial charge on any atom is 0.129 e. The monoisotopic (exact) mass is 225 g/mol. The highest BCUT2D eigenvalue weighted by atomic mass is 16.4. The predicted molar refractivity (Wildman–Crippen MR) is 59.7 cm³/mol. The van der Waals surface area contributed by atoms with Gasteiger partial charge in [0, 0.05) is 6.04 Å². The summed E-state index contributed by atoms with van der Waals surface area (Å²) in [5.74, 6) is 1.46. The van der Waals surface area contributed by atoms with Crippen LogP contribution in [0.25, 0.3) is 0 Å². The second kappa shape index (κ2) is 5.48. The molecule has 0 aromatic carbocycles. The van der Waals surface area contributed by atoms with E-state index in [1.807, 2.05) is 6.07 Å². The molecular formula is C12H19NO3. The van der Waals surface area contributed by atoms with E-state index >= 15 is 0 Å². The van der Waals surface area contributed by atoms with Crippen LogP contribution in [0, 0.1) is 0 Å². The number of furan rings is 1. The first-order valence-corrected chi connectivity index (χ1v) is 5.88. The van der Waals surface area contributed by atoms with Gasteiger partial charge in [-0.05, 0) is 37.8 Å². The summed E-state index contributed by atoms with van der Waals surface area (Å²) in [5.41, 5.74) is 0. The fourth-order valence-corrected chi connectivity index (χ4v) is 2.13. The Balaban J connectivity index is 1.74. The molecule has 0 radical (unpaired) electrons. The van der Waals surface area contributed by atoms with Crippen molar-refractivity contribution < 1.29 is 14.6 Å². The summed E-state index contributed by atoms with van der Waals surface area (Å²) < 4.78 is 5.38. The molecule has 1 heterocycles. The van der Waals surface area contributed by atoms with Gasteiger partial charge in [0.2, 0.25) is 0 Å². The molecule has 2 rings (SSSR count). The zero-order valence-corrected chi connectivity index (χ0v) is 9.35. The molecule has 0 amide bonds. The average Bonchev–Trinajstić information content (AvgIpc) is 2.76. The summed E-state index contributed by atoms with van der Waals surface area (Å²) in [4.78, 5) is 0. The Kier molecular flexibility index (Phi) is 3.98. The highest BCUT2D eigenvalue weighted by Crippen LogP contribution is 2.19. The van der Waals surface area contributed by atoms with Crippen LogP contribution in [0.2, 0.25) is 0 Å². The van der Waals surface area contributed by atoms with Crippen molar-refractivity contribution in [2.75, 3.05) is 0 Å². The second-order valence-electron chi connectivity index (χ2n) is 4.41. The molecule has 1 aliphatic rings. The van der Waals surface area contributed by atoms with E-state index in [9.17, 15) is 5.11 Å². The molecule has 1 aliphatic carbocycles. The summed E-state index contributed by atoms with van der Waals surface area (Å²) >= 11 is 0. The molecule has 1 saturated carbocycles. The third kappa shape index (κ3) is 3.07. The molecule has 0 unspecified atom stereocenters. The predicted octanol–water partition coefficient (Wildman–Crippen LogP) is 1.16. The van der Waals surface area contributed by atoms with E-state index in [1.165, 1.54) is 0 Å². The third-order valence-corrected chi connectivity index (χ3v) is 3.13. The van der Waals surface area contributed by atoms with Crippen molar-refractivity contribution in [2.45, 2.75) is 51.0 Å². The summed E-state index contributed by atoms with van der Waals surface area (Å²) in [6, 6.07) is 4.16. The lowest BCUT2D eigenvalue weighted by Crippen LogP contribution is -2.34. The maximum atomic E-state index is 9.37. The van der Waals surface area contributed by atoms with Crippen LogP contribution in [0.1, 0.15) is 37.2 Å². The Bertz CT molecular complexity index is 316. The van der Waals surface area contributed by atoms with Crippen LogP contribution >= 0.6 is 0 Å². The topological polar surface area (TPSA) is 65.6 Å². The van der Waals surface area contributed by atoms with Crippen LogP contribution in [0.15, 0.2) is 16.5 Å². The van der Waals surface area contributed by atoms with Gasteiger partial charge in [0.1, 0.15) is 18.1 Å². The normalized spacial score (nSPS) is 25.9. The van der Waals surface area contributed by atoms with E-state index in [4.69, 9.17) is 9.52 Å². The molecule has 1 aromatic rings. The highest BCUT2D eigenvalue weighted by Gasteiger charge is 2.18. The zero-order chi connectivity index (χ0) is 11.4. The molecule has 4 heteroatoms. The molecular weight excluding hydrogens is 206 g/mol. The summed E-state index contributed by atoms with van der Waals surface area (Å²) in [6.45, 7) is 0.649. The van der Waals surface area contributed by atoms with Gasteiger partial charge in [0.25, 0.3) is 0 Å². The van der Waals surface area contributed by atoms with Crippen molar-refractivity contribution in [3.63, 3.8) is 0 Å². The number of hydrogen-bond donors (Lipinski definition) is 3. The van der Waals surface area contributed by atoms with Gasteiger partial charge >= 0.3 is 0 Å². The molecule has 0 aliphatic heterocycles. The lowest BCUT2D eigenvalue weighted by molar-refractivity contribution is 0.116. The lowest BCUT2D eigenvalue weighted by atomic mass is 9.93. The Morgan fingerprint density at radius 2 is 1.88 bits per heavy atom. The standard InChI is InChI=1S/C12H19NO3/c14-8-12-6-5-11(16-12)7-13-9-1-3-10(15)4-2-9/h5-6,9-10,13-15H,1-4,7-8H2. The van der Waals surface area contributed by atoms with E-state index in [2.05, 4.69) is 5.32 Å². The van der Waals surface area contributed by atoms with E-state index in [-0.39, 0.29) is 12.7 Å². The van der Waals surface area contributed by atoms with Gasteiger partial charge in [-0.3, -0.25) is 0 Å². The van der Waals surface area contributed by atoms with Crippen LogP contribution in [0.5, 0.6) is 0 Å². The molecule has 1 fully saturated rings. The fraction of sp³-hybridized carbons (Fsp3) is 0.667. The van der Waals surface area contributed by atoms with Crippen molar-refractivity contribution in [3.8, 4) is 0 Å². The van der Waals surface area contributed by atoms with Crippen LogP contribution in [0.4, 0.5) is 0 Å². The van der Waals surface area contributed by atoms with Crippen molar-refractivity contribution in [2.24, 2.45) is 0 Å². The van der Waals surface area contributed by atoms with Crippen molar-refractivity contribution in [1.29, 1.82) is 0 Å². The Morgan fingerprint density at radius 3 is 2.50 bits per heavy atom. The Labute approximate surface area is 95.3 Å². The first kappa shape index (κ1) is 11.6. The van der Waals surface area contributed by atoms with Gasteiger partial charge in [-0.25, -0.2) is 0 Å². The second-order valence-corrected chi connectivity index (χ2v) is 4.41. The average molecular weight is 225 g/mol. The van der Waals surface area contributed by atoms with Crippen LogP contribution < -0.4 is 5.32 Å². The molecule has 0 spiro atoms. The van der Waals surface area contributed by atoms with Crippen molar-refractivity contribution in [3.05, 3.63) is 23.7 Å². The molecule has 0 atom stereocenters. The SMILES string of the molecule is OCc1ccc(CNC2CCC(O)CC2)o1. The van der Waals surface area contributed by atoms with E-state index < -0.39 is 0 Å². The van der Waals surface area contributed by atoms with Gasteiger partial charge in [-0.15, -0.1) is 0 Å². The summed E-state index contributed by atoms with van der Waals surface area (Å²) in [5, 5.41) is 21.6. The number of nitrogens with one attached hydrogen (secondary N) is 1. The van der Waals surface area contributed by atoms with E-state index in [1.54, 1.807) is 6.07 Å². The molecule has 4 nitrogen and oxygen atoms in total. The number of aliphatic hydroxyl groups excluding tert-OH is 2. The van der Waals surface area contributed by atoms with Crippen molar-refractivity contribution >= 4 is 0 Å². The fourth-order valence-electron chi connectivity index (χ4n) is 2.13. The minimum Gasteiger partial charge on any atom is -0.462 e. The molecule has 3 N–H and O–H groups in total. The Hall–Kier alpha value is -0.840. The number of rotatable bonds is 4. The molecule has 90 valence electrons. The lowest BCUT2D eigenvalue weighted by Gasteiger charge is -2.25. The van der Waals surface area contributed by atoms with Gasteiger partial charge in [0.05, 0.1) is 12.6 Å². The highest BCUT2D eigenvalue weighted by molar-refractivity contribution is 5.06. The first-order valence-electron chi connectivity index (χ1n) is 5.88. The van der Waals surface area contributed by atoms with Gasteiger partial charge < -0.3 is 19.9 Å². The van der Waals surface area contributed by atoms with Gasteiger partial charge in [0.15, 0.2) is 0 Å². The minimum atomic E-state index is -0.109. The van der Waals surface area contributed by atoms with Crippen LogP contribution in [-0.2, 0) is 13.2 Å². The molecule has 0 bridgehead atoms. The molecule has 0 saturated heterocycles. The maximum absolute atomic E-state index is 9.37. The third-order valence-electron chi connectivity index (χ3n) is 3.13. The largest absolute Gasteiger partial charge is 0.462 e. The van der Waals surface area contributed by atoms with Gasteiger partial charge in [-0.1, -0.05) is 0 Å². The number of hydrogen-bond acceptors (Lipinski definition) is 4. The quantitative estimate of drug-likeness (QED) is 0.719. The van der Waals surface area contributed by atoms with Crippen LogP contribution in [0.3, 0.4) is 0 Å². The van der Waals surface area contributed by atoms with Crippen molar-refractivity contribution in [1.82, 2.24) is 5.32 Å². The first-order chi connectivity index (χ1) is 7.78. The molecule has 1 aromatic heterocycles. The number of aliphatic hydroxyl groups is 2.